The van der Waals surface area contributed by atoms with Gasteiger partial charge in [-0.2, -0.15) is 5.90 Å². The predicted molar refractivity (Wildman–Crippen MR) is 103 cm³/mol. The molecule has 1 rings (SSSR count). The molecule has 5 nitrogen and oxygen atoms in total. The highest BCUT2D eigenvalue weighted by molar-refractivity contribution is 5.85. The van der Waals surface area contributed by atoms with Gasteiger partial charge in [-0.05, 0) is 38.0 Å². The summed E-state index contributed by atoms with van der Waals surface area (Å²) in [7, 11) is 0. The number of carbonyl (C=O) groups is 2. The maximum absolute atomic E-state index is 12.4. The standard InChI is InChI=1S/C19H36N2O3.ClH/c1-4-6-12-18(22)21(5-2)17(19(23)24-20)14-15(3)13-16-10-8-7-9-11-16;/h15-17H,4-14,20H2,1-3H3;1H/t15-,17-;/m0./s1. The van der Waals surface area contributed by atoms with Crippen LogP contribution in [0.3, 0.4) is 0 Å². The van der Waals surface area contributed by atoms with Crippen LogP contribution in [0.1, 0.15) is 85.0 Å². The summed E-state index contributed by atoms with van der Waals surface area (Å²) in [6.07, 6.45) is 10.6. The number of amides is 1. The van der Waals surface area contributed by atoms with E-state index in [-0.39, 0.29) is 18.3 Å². The second kappa shape index (κ2) is 13.4. The summed E-state index contributed by atoms with van der Waals surface area (Å²) in [6.45, 7) is 6.65. The molecule has 1 fully saturated rings. The van der Waals surface area contributed by atoms with Crippen molar-refractivity contribution in [2.75, 3.05) is 6.54 Å². The van der Waals surface area contributed by atoms with E-state index in [0.717, 1.165) is 25.2 Å². The number of rotatable bonds is 10. The maximum Gasteiger partial charge on any atom is 0.347 e. The highest BCUT2D eigenvalue weighted by Crippen LogP contribution is 2.31. The van der Waals surface area contributed by atoms with E-state index in [0.29, 0.717) is 25.3 Å². The maximum atomic E-state index is 12.4. The van der Waals surface area contributed by atoms with E-state index in [1.807, 2.05) is 6.92 Å². The van der Waals surface area contributed by atoms with Crippen LogP contribution in [0.4, 0.5) is 0 Å². The lowest BCUT2D eigenvalue weighted by molar-refractivity contribution is -0.156. The molecular weight excluding hydrogens is 340 g/mol. The summed E-state index contributed by atoms with van der Waals surface area (Å²) < 4.78 is 0. The van der Waals surface area contributed by atoms with E-state index in [4.69, 9.17) is 5.90 Å². The lowest BCUT2D eigenvalue weighted by Gasteiger charge is -2.32. The molecule has 1 aliphatic rings. The van der Waals surface area contributed by atoms with Gasteiger partial charge in [0.15, 0.2) is 0 Å². The molecule has 2 N–H and O–H groups in total. The molecule has 1 amide bonds. The van der Waals surface area contributed by atoms with E-state index in [2.05, 4.69) is 18.7 Å². The summed E-state index contributed by atoms with van der Waals surface area (Å²) in [4.78, 5) is 30.8. The van der Waals surface area contributed by atoms with Gasteiger partial charge in [-0.3, -0.25) is 4.79 Å². The Kier molecular flexibility index (Phi) is 13.0. The fourth-order valence-corrected chi connectivity index (χ4v) is 3.94. The minimum atomic E-state index is -0.553. The monoisotopic (exact) mass is 376 g/mol. The molecule has 0 heterocycles. The Morgan fingerprint density at radius 1 is 1.20 bits per heavy atom. The first kappa shape index (κ1) is 24.2. The van der Waals surface area contributed by atoms with Crippen LogP contribution >= 0.6 is 12.4 Å². The number of hydrogen-bond donors (Lipinski definition) is 1. The zero-order valence-corrected chi connectivity index (χ0v) is 17.0. The average Bonchev–Trinajstić information content (AvgIpc) is 2.59. The molecule has 0 radical (unpaired) electrons. The highest BCUT2D eigenvalue weighted by Gasteiger charge is 2.31. The zero-order chi connectivity index (χ0) is 17.9. The molecule has 1 saturated carbocycles. The van der Waals surface area contributed by atoms with E-state index >= 15 is 0 Å². The van der Waals surface area contributed by atoms with Gasteiger partial charge in [0.25, 0.3) is 0 Å². The largest absolute Gasteiger partial charge is 0.372 e. The number of carbonyl (C=O) groups excluding carboxylic acids is 2. The van der Waals surface area contributed by atoms with E-state index in [9.17, 15) is 9.59 Å². The SMILES string of the molecule is CCCCC(=O)N(CC)[C@@H](C[C@@H](C)CC1CCCCC1)C(=O)ON.Cl. The molecule has 0 aromatic rings. The molecule has 0 aromatic heterocycles. The smallest absolute Gasteiger partial charge is 0.347 e. The van der Waals surface area contributed by atoms with Crippen LogP contribution in [0.2, 0.25) is 0 Å². The molecule has 148 valence electrons. The topological polar surface area (TPSA) is 72.6 Å². The highest BCUT2D eigenvalue weighted by atomic mass is 35.5. The summed E-state index contributed by atoms with van der Waals surface area (Å²) >= 11 is 0. The van der Waals surface area contributed by atoms with Crippen molar-refractivity contribution < 1.29 is 14.4 Å². The Hall–Kier alpha value is -0.810. The minimum Gasteiger partial charge on any atom is -0.372 e. The van der Waals surface area contributed by atoms with Crippen molar-refractivity contribution in [3.05, 3.63) is 0 Å². The van der Waals surface area contributed by atoms with Gasteiger partial charge >= 0.3 is 5.97 Å². The quantitative estimate of drug-likeness (QED) is 0.579. The van der Waals surface area contributed by atoms with Crippen LogP contribution in [0.25, 0.3) is 0 Å². The normalized spacial score (nSPS) is 17.3. The fraction of sp³-hybridized carbons (Fsp3) is 0.895. The number of nitrogens with two attached hydrogens (primary N) is 1. The van der Waals surface area contributed by atoms with Gasteiger partial charge < -0.3 is 9.74 Å². The molecule has 0 unspecified atom stereocenters. The van der Waals surface area contributed by atoms with Crippen LogP contribution in [-0.2, 0) is 14.4 Å². The molecule has 2 atom stereocenters. The molecule has 6 heteroatoms. The third-order valence-corrected chi connectivity index (χ3v) is 5.26. The number of halogens is 1. The Morgan fingerprint density at radius 2 is 1.84 bits per heavy atom. The van der Waals surface area contributed by atoms with E-state index < -0.39 is 12.0 Å². The first-order valence-electron chi connectivity index (χ1n) is 9.73. The van der Waals surface area contributed by atoms with Gasteiger partial charge in [-0.1, -0.05) is 52.4 Å². The van der Waals surface area contributed by atoms with Crippen LogP contribution in [0.15, 0.2) is 0 Å². The van der Waals surface area contributed by atoms with Crippen LogP contribution in [0.5, 0.6) is 0 Å². The first-order valence-corrected chi connectivity index (χ1v) is 9.73. The predicted octanol–water partition coefficient (Wildman–Crippen LogP) is 4.23. The molecular formula is C19H37ClN2O3. The number of unbranched alkanes of at least 4 members (excludes halogenated alkanes) is 1. The molecule has 0 bridgehead atoms. The van der Waals surface area contributed by atoms with Gasteiger partial charge in [0.1, 0.15) is 6.04 Å². The Morgan fingerprint density at radius 3 is 2.36 bits per heavy atom. The molecule has 0 spiro atoms. The van der Waals surface area contributed by atoms with Crippen LogP contribution in [-0.4, -0.2) is 29.4 Å². The van der Waals surface area contributed by atoms with Crippen molar-refractivity contribution in [3.63, 3.8) is 0 Å². The second-order valence-electron chi connectivity index (χ2n) is 7.32. The number of hydrogen-bond acceptors (Lipinski definition) is 4. The van der Waals surface area contributed by atoms with E-state index in [1.165, 1.54) is 32.1 Å². The van der Waals surface area contributed by atoms with Crippen molar-refractivity contribution in [2.45, 2.75) is 91.0 Å². The van der Waals surface area contributed by atoms with Crippen LogP contribution < -0.4 is 5.90 Å². The van der Waals surface area contributed by atoms with Crippen molar-refractivity contribution in [1.82, 2.24) is 4.90 Å². The molecule has 0 aromatic carbocycles. The van der Waals surface area contributed by atoms with Crippen molar-refractivity contribution in [2.24, 2.45) is 17.7 Å². The molecule has 25 heavy (non-hydrogen) atoms. The first-order chi connectivity index (χ1) is 11.5. The third kappa shape index (κ3) is 8.41. The van der Waals surface area contributed by atoms with Crippen molar-refractivity contribution >= 4 is 24.3 Å². The summed E-state index contributed by atoms with van der Waals surface area (Å²) in [6, 6.07) is -0.553. The van der Waals surface area contributed by atoms with Gasteiger partial charge in [-0.15, -0.1) is 12.4 Å². The Labute approximate surface area is 159 Å². The summed E-state index contributed by atoms with van der Waals surface area (Å²) in [5.41, 5.74) is 0. The van der Waals surface area contributed by atoms with Gasteiger partial charge in [0, 0.05) is 13.0 Å². The average molecular weight is 377 g/mol. The van der Waals surface area contributed by atoms with Crippen molar-refractivity contribution in [1.29, 1.82) is 0 Å². The zero-order valence-electron chi connectivity index (χ0n) is 16.2. The summed E-state index contributed by atoms with van der Waals surface area (Å²) in [5.74, 6) is 5.82. The molecule has 0 aliphatic heterocycles. The van der Waals surface area contributed by atoms with Crippen molar-refractivity contribution in [3.8, 4) is 0 Å². The lowest BCUT2D eigenvalue weighted by atomic mass is 9.81. The Balaban J connectivity index is 0.00000576. The van der Waals surface area contributed by atoms with Gasteiger partial charge in [-0.25, -0.2) is 4.79 Å². The van der Waals surface area contributed by atoms with E-state index in [1.54, 1.807) is 4.90 Å². The van der Waals surface area contributed by atoms with Gasteiger partial charge in [0.05, 0.1) is 0 Å². The Bertz CT molecular complexity index is 387. The number of nitrogens with zero attached hydrogens (tertiary/aromatic N) is 1. The minimum absolute atomic E-state index is 0. The van der Waals surface area contributed by atoms with Crippen LogP contribution in [0, 0.1) is 11.8 Å². The van der Waals surface area contributed by atoms with Gasteiger partial charge in [0.2, 0.25) is 5.91 Å². The number of likely N-dealkylation sites (N-methyl/N-ethyl adjacent to an activating group) is 1. The third-order valence-electron chi connectivity index (χ3n) is 5.26. The summed E-state index contributed by atoms with van der Waals surface area (Å²) in [5, 5.41) is 0. The fourth-order valence-electron chi connectivity index (χ4n) is 3.94. The second-order valence-corrected chi connectivity index (χ2v) is 7.32. The molecule has 1 aliphatic carbocycles. The lowest BCUT2D eigenvalue weighted by Crippen LogP contribution is -2.47. The molecule has 0 saturated heterocycles.